The lowest BCUT2D eigenvalue weighted by Gasteiger charge is -2.11. The zero-order valence-electron chi connectivity index (χ0n) is 10.9. The van der Waals surface area contributed by atoms with E-state index in [4.69, 9.17) is 21.1 Å². The number of nitrogens with zero attached hydrogens (tertiary/aromatic N) is 1. The standard InChI is InChI=1S/C14H12ClNO4/c1-9-3-5-13(14(7-9)19-2)20-12-6-4-10(16(17)18)8-11(12)15/h3-8H,1-2H3. The molecule has 0 atom stereocenters. The average Bonchev–Trinajstić information content (AvgIpc) is 2.42. The second kappa shape index (κ2) is 5.79. The zero-order chi connectivity index (χ0) is 14.7. The summed E-state index contributed by atoms with van der Waals surface area (Å²) < 4.78 is 10.9. The number of rotatable bonds is 4. The van der Waals surface area contributed by atoms with Gasteiger partial charge in [-0.3, -0.25) is 10.1 Å². The van der Waals surface area contributed by atoms with E-state index in [9.17, 15) is 10.1 Å². The molecule has 20 heavy (non-hydrogen) atoms. The Balaban J connectivity index is 2.33. The number of non-ortho nitro benzene ring substituents is 1. The predicted octanol–water partition coefficient (Wildman–Crippen LogP) is 4.36. The third kappa shape index (κ3) is 3.00. The van der Waals surface area contributed by atoms with Gasteiger partial charge >= 0.3 is 0 Å². The Kier molecular flexibility index (Phi) is 4.10. The van der Waals surface area contributed by atoms with Gasteiger partial charge in [0.05, 0.1) is 17.1 Å². The summed E-state index contributed by atoms with van der Waals surface area (Å²) in [5, 5.41) is 10.8. The molecular formula is C14H12ClNO4. The Morgan fingerprint density at radius 3 is 2.40 bits per heavy atom. The van der Waals surface area contributed by atoms with Crippen molar-refractivity contribution < 1.29 is 14.4 Å². The van der Waals surface area contributed by atoms with Crippen LogP contribution in [0, 0.1) is 17.0 Å². The van der Waals surface area contributed by atoms with E-state index in [1.54, 1.807) is 13.2 Å². The second-order valence-corrected chi connectivity index (χ2v) is 4.54. The number of methoxy groups -OCH3 is 1. The summed E-state index contributed by atoms with van der Waals surface area (Å²) in [5.74, 6) is 1.40. The minimum absolute atomic E-state index is 0.0850. The van der Waals surface area contributed by atoms with Crippen LogP contribution in [0.4, 0.5) is 5.69 Å². The normalized spacial score (nSPS) is 10.2. The quantitative estimate of drug-likeness (QED) is 0.621. The fourth-order valence-corrected chi connectivity index (χ4v) is 1.88. The molecule has 2 aromatic carbocycles. The summed E-state index contributed by atoms with van der Waals surface area (Å²) in [4.78, 5) is 10.1. The number of hydrogen-bond acceptors (Lipinski definition) is 4. The maximum atomic E-state index is 10.6. The molecule has 0 radical (unpaired) electrons. The van der Waals surface area contributed by atoms with Crippen molar-refractivity contribution in [2.75, 3.05) is 7.11 Å². The number of aryl methyl sites for hydroxylation is 1. The second-order valence-electron chi connectivity index (χ2n) is 4.13. The molecule has 2 aromatic rings. The predicted molar refractivity (Wildman–Crippen MR) is 75.9 cm³/mol. The minimum atomic E-state index is -0.512. The Bertz CT molecular complexity index is 658. The molecule has 0 aliphatic rings. The van der Waals surface area contributed by atoms with Crippen LogP contribution >= 0.6 is 11.6 Å². The number of halogens is 1. The van der Waals surface area contributed by atoms with Crippen LogP contribution in [-0.4, -0.2) is 12.0 Å². The van der Waals surface area contributed by atoms with E-state index in [2.05, 4.69) is 0 Å². The molecule has 5 nitrogen and oxygen atoms in total. The van der Waals surface area contributed by atoms with Crippen LogP contribution in [0.1, 0.15) is 5.56 Å². The molecule has 0 aliphatic carbocycles. The number of benzene rings is 2. The van der Waals surface area contributed by atoms with E-state index in [1.165, 1.54) is 18.2 Å². The van der Waals surface area contributed by atoms with Crippen LogP contribution in [0.25, 0.3) is 0 Å². The maximum Gasteiger partial charge on any atom is 0.271 e. The van der Waals surface area contributed by atoms with E-state index >= 15 is 0 Å². The highest BCUT2D eigenvalue weighted by atomic mass is 35.5. The lowest BCUT2D eigenvalue weighted by atomic mass is 10.2. The third-order valence-electron chi connectivity index (χ3n) is 2.67. The van der Waals surface area contributed by atoms with Crippen molar-refractivity contribution in [3.05, 3.63) is 57.1 Å². The Morgan fingerprint density at radius 2 is 1.80 bits per heavy atom. The molecule has 104 valence electrons. The van der Waals surface area contributed by atoms with Gasteiger partial charge < -0.3 is 9.47 Å². The first-order valence-corrected chi connectivity index (χ1v) is 6.15. The average molecular weight is 294 g/mol. The lowest BCUT2D eigenvalue weighted by Crippen LogP contribution is -1.93. The molecule has 0 spiro atoms. The monoisotopic (exact) mass is 293 g/mol. The summed E-state index contributed by atoms with van der Waals surface area (Å²) in [5.41, 5.74) is 0.946. The summed E-state index contributed by atoms with van der Waals surface area (Å²) in [6, 6.07) is 9.50. The van der Waals surface area contributed by atoms with Gasteiger partial charge in [-0.05, 0) is 30.7 Å². The Labute approximate surface area is 120 Å². The fraction of sp³-hybridized carbons (Fsp3) is 0.143. The van der Waals surface area contributed by atoms with Gasteiger partial charge in [-0.2, -0.15) is 0 Å². The molecule has 2 rings (SSSR count). The van der Waals surface area contributed by atoms with Crippen LogP contribution in [0.2, 0.25) is 5.02 Å². The number of ether oxygens (including phenoxy) is 2. The highest BCUT2D eigenvalue weighted by Gasteiger charge is 2.13. The number of nitro groups is 1. The van der Waals surface area contributed by atoms with Crippen LogP contribution in [-0.2, 0) is 0 Å². The molecule has 0 saturated carbocycles. The van der Waals surface area contributed by atoms with Crippen LogP contribution < -0.4 is 9.47 Å². The van der Waals surface area contributed by atoms with Crippen LogP contribution in [0.3, 0.4) is 0 Å². The van der Waals surface area contributed by atoms with Gasteiger partial charge in [0, 0.05) is 12.1 Å². The van der Waals surface area contributed by atoms with Gasteiger partial charge in [0.2, 0.25) is 0 Å². The topological polar surface area (TPSA) is 61.6 Å². The van der Waals surface area contributed by atoms with E-state index in [-0.39, 0.29) is 10.7 Å². The van der Waals surface area contributed by atoms with Gasteiger partial charge in [0.1, 0.15) is 5.75 Å². The highest BCUT2D eigenvalue weighted by molar-refractivity contribution is 6.32. The molecule has 0 aliphatic heterocycles. The van der Waals surface area contributed by atoms with Crippen molar-refractivity contribution in [3.8, 4) is 17.2 Å². The largest absolute Gasteiger partial charge is 0.493 e. The first kappa shape index (κ1) is 14.1. The Morgan fingerprint density at radius 1 is 1.10 bits per heavy atom. The van der Waals surface area contributed by atoms with Crippen molar-refractivity contribution in [2.24, 2.45) is 0 Å². The molecule has 0 fully saturated rings. The lowest BCUT2D eigenvalue weighted by molar-refractivity contribution is -0.384. The Hall–Kier alpha value is -2.27. The summed E-state index contributed by atoms with van der Waals surface area (Å²) >= 11 is 5.98. The van der Waals surface area contributed by atoms with Crippen molar-refractivity contribution in [1.29, 1.82) is 0 Å². The minimum Gasteiger partial charge on any atom is -0.493 e. The van der Waals surface area contributed by atoms with Crippen molar-refractivity contribution in [2.45, 2.75) is 6.92 Å². The summed E-state index contributed by atoms with van der Waals surface area (Å²) in [6.07, 6.45) is 0. The smallest absolute Gasteiger partial charge is 0.271 e. The van der Waals surface area contributed by atoms with Crippen LogP contribution in [0.15, 0.2) is 36.4 Å². The molecule has 0 N–H and O–H groups in total. The molecule has 0 amide bonds. The van der Waals surface area contributed by atoms with E-state index < -0.39 is 4.92 Å². The van der Waals surface area contributed by atoms with Crippen molar-refractivity contribution >= 4 is 17.3 Å². The van der Waals surface area contributed by atoms with Crippen LogP contribution in [0.5, 0.6) is 17.2 Å². The molecule has 6 heteroatoms. The molecule has 0 aromatic heterocycles. The van der Waals surface area contributed by atoms with Gasteiger partial charge in [0.15, 0.2) is 11.5 Å². The molecule has 0 bridgehead atoms. The SMILES string of the molecule is COc1cc(C)ccc1Oc1ccc([N+](=O)[O-])cc1Cl. The zero-order valence-corrected chi connectivity index (χ0v) is 11.7. The molecular weight excluding hydrogens is 282 g/mol. The highest BCUT2D eigenvalue weighted by Crippen LogP contribution is 2.36. The summed E-state index contributed by atoms with van der Waals surface area (Å²) in [6.45, 7) is 1.94. The molecule has 0 unspecified atom stereocenters. The van der Waals surface area contributed by atoms with Gasteiger partial charge in [-0.15, -0.1) is 0 Å². The van der Waals surface area contributed by atoms with Crippen molar-refractivity contribution in [1.82, 2.24) is 0 Å². The van der Waals surface area contributed by atoms with E-state index in [0.29, 0.717) is 17.2 Å². The number of nitro benzene ring substituents is 1. The van der Waals surface area contributed by atoms with Gasteiger partial charge in [-0.25, -0.2) is 0 Å². The van der Waals surface area contributed by atoms with E-state index in [0.717, 1.165) is 5.56 Å². The fourth-order valence-electron chi connectivity index (χ4n) is 1.66. The summed E-state index contributed by atoms with van der Waals surface area (Å²) in [7, 11) is 1.54. The van der Waals surface area contributed by atoms with E-state index in [1.807, 2.05) is 19.1 Å². The third-order valence-corrected chi connectivity index (χ3v) is 2.96. The molecule has 0 heterocycles. The molecule has 0 saturated heterocycles. The van der Waals surface area contributed by atoms with Crippen molar-refractivity contribution in [3.63, 3.8) is 0 Å². The van der Waals surface area contributed by atoms with Gasteiger partial charge in [-0.1, -0.05) is 17.7 Å². The first-order chi connectivity index (χ1) is 9.51. The first-order valence-electron chi connectivity index (χ1n) is 5.77. The maximum absolute atomic E-state index is 10.6. The number of hydrogen-bond donors (Lipinski definition) is 0. The van der Waals surface area contributed by atoms with Gasteiger partial charge in [0.25, 0.3) is 5.69 Å².